The van der Waals surface area contributed by atoms with Crippen LogP contribution in [-0.2, 0) is 18.9 Å². The Morgan fingerprint density at radius 1 is 0.340 bits per heavy atom. The number of hydrogen-bond donors (Lipinski definition) is 16. The van der Waals surface area contributed by atoms with Gasteiger partial charge in [-0.1, -0.05) is 144 Å². The molecule has 776 valence electrons. The minimum Gasteiger partial charge on any atom is -0.394 e. The van der Waals surface area contributed by atoms with Crippen LogP contribution in [0.3, 0.4) is 0 Å². The number of aromatic nitrogens is 20. The van der Waals surface area contributed by atoms with Crippen LogP contribution in [0.25, 0.3) is 44.7 Å². The normalized spacial score (nSPS) is 31.0. The van der Waals surface area contributed by atoms with Crippen LogP contribution in [0.1, 0.15) is 227 Å². The molecule has 20 rings (SSSR count). The molecule has 12 aromatic rings. The van der Waals surface area contributed by atoms with E-state index in [4.69, 9.17) is 54.2 Å². The monoisotopic (exact) mass is 2090 g/mol. The molecule has 8 saturated carbocycles. The highest BCUT2D eigenvalue weighted by molar-refractivity contribution is 7.99. The molecule has 0 radical (unpaired) electrons. The van der Waals surface area contributed by atoms with E-state index >= 15 is 0 Å². The lowest BCUT2D eigenvalue weighted by atomic mass is 10.1. The van der Waals surface area contributed by atoms with Crippen molar-refractivity contribution in [1.29, 1.82) is 0 Å². The number of rotatable bonds is 40. The number of halogens is 4. The highest BCUT2D eigenvalue weighted by Crippen LogP contribution is 2.50. The molecule has 48 heteroatoms. The Labute approximate surface area is 874 Å². The number of anilines is 4. The fourth-order valence-electron chi connectivity index (χ4n) is 18.1. The maximum absolute atomic E-state index is 14.2. The highest BCUT2D eigenvalue weighted by atomic mass is 32.2. The van der Waals surface area contributed by atoms with E-state index in [1.54, 1.807) is 58.9 Å². The molecule has 144 heavy (non-hydrogen) atoms. The van der Waals surface area contributed by atoms with Gasteiger partial charge < -0.3 is 101 Å². The summed E-state index contributed by atoms with van der Waals surface area (Å²) in [5, 5.41) is 169. The fourth-order valence-corrected chi connectivity index (χ4v) is 20.0. The third-order valence-electron chi connectivity index (χ3n) is 26.2. The molecular formula is C96H124F4N24O16S4. The van der Waals surface area contributed by atoms with Gasteiger partial charge in [0.25, 0.3) is 0 Å². The number of fused-ring (bicyclic) bond motifs is 4. The van der Waals surface area contributed by atoms with E-state index < -0.39 is 179 Å². The van der Waals surface area contributed by atoms with Gasteiger partial charge in [-0.15, -0.1) is 20.4 Å². The molecule has 8 fully saturated rings. The van der Waals surface area contributed by atoms with Crippen molar-refractivity contribution < 1.29 is 128 Å². The van der Waals surface area contributed by atoms with Crippen LogP contribution in [0.2, 0.25) is 0 Å². The third-order valence-corrected chi connectivity index (χ3v) is 29.0. The molecule has 0 amide bonds. The van der Waals surface area contributed by atoms with Crippen molar-refractivity contribution in [2.75, 3.05) is 96.8 Å². The van der Waals surface area contributed by atoms with Crippen molar-refractivity contribution in [3.63, 3.8) is 0 Å². The Balaban J connectivity index is 0.000000148. The smallest absolute Gasteiger partial charge is 0.191 e. The van der Waals surface area contributed by atoms with Crippen molar-refractivity contribution in [2.24, 2.45) is 0 Å². The minimum atomic E-state index is -3.38. The lowest BCUT2D eigenvalue weighted by molar-refractivity contribution is -0.0629. The van der Waals surface area contributed by atoms with Crippen molar-refractivity contribution in [2.45, 2.75) is 298 Å². The molecule has 16 N–H and O–H groups in total. The van der Waals surface area contributed by atoms with Crippen molar-refractivity contribution in [3.8, 4) is 0 Å². The summed E-state index contributed by atoms with van der Waals surface area (Å²) in [7, 11) is 0. The summed E-state index contributed by atoms with van der Waals surface area (Å²) >= 11 is 2.23. The average Bonchev–Trinajstić information content (AvgIpc) is 1.58. The van der Waals surface area contributed by atoms with Gasteiger partial charge in [-0.3, -0.25) is 0 Å². The van der Waals surface area contributed by atoms with Gasteiger partial charge in [-0.25, -0.2) is 76.2 Å². The largest absolute Gasteiger partial charge is 0.394 e. The number of aliphatic hydroxyl groups excluding tert-OH is 10. The second-order valence-electron chi connectivity index (χ2n) is 35.7. The second kappa shape index (κ2) is 47.3. The van der Waals surface area contributed by atoms with Gasteiger partial charge in [-0.2, -0.15) is 0 Å². The minimum absolute atomic E-state index is 0.00535. The zero-order valence-electron chi connectivity index (χ0n) is 101. The first-order chi connectivity index (χ1) is 77.3. The van der Waals surface area contributed by atoms with E-state index in [9.17, 15) is 73.7 Å². The molecule has 0 unspecified atom stereocenters. The molecule has 0 spiro atoms. The van der Waals surface area contributed by atoms with Crippen LogP contribution < -0.4 is 21.3 Å². The Bertz CT molecular complexity index is 7550. The molecular weight excluding hydrogens is 1950 g/mol. The SMILES string of the molecule is [2H]C([2H])(C)C([2H])([2H])Sc1nc(N[C@@H]2C[C@H]2c2ccc(C)c(F)c2)c2nnn([C@@H]3C[C@H](OCCO)[C@@H](O)[C@H]3O)c2n1.[2H]C([2H])(CC)Sc1nc(N[C@@H]2C[C@H]2c2ccc(C)c(F)c2)c2nnn([C@@H]3C[C@H](OC([2H])([2H])C([2H])([2H])O)[C@@H](O)[C@H]3O)c2n1.[2H]C([2H])(CO)O[C@H]1C[C@@H](n2nnc3c(N[C@@H]4C[C@H]4c4ccc(C)c(F)c4)nc(SC([2H])([2H])C([2H])([2H])C)nc32)[C@H](O)[C@@H]1O.[2H]C([2H])(O)CO[C@H]1C[C@@H](n2nnc3c(N[C@@H]4C[C@H]4c4ccc(C)c(F)c4)nc(SC([2H])([2H])C([2H])([2H])C)nc32)[C@H](O)[C@@H]1O. The van der Waals surface area contributed by atoms with Crippen molar-refractivity contribution in [1.82, 2.24) is 99.8 Å². The molecule has 8 aliphatic rings. The van der Waals surface area contributed by atoms with Crippen LogP contribution in [0.15, 0.2) is 93.4 Å². The van der Waals surface area contributed by atoms with Crippen LogP contribution in [-0.4, -0.2) is 334 Å². The van der Waals surface area contributed by atoms with E-state index in [2.05, 4.69) is 102 Å². The van der Waals surface area contributed by atoms with E-state index in [0.29, 0.717) is 83.2 Å². The fraction of sp³-hybridized carbons (Fsp3) is 0.583. The number of nitrogens with one attached hydrogen (secondary N) is 4. The van der Waals surface area contributed by atoms with E-state index in [-0.39, 0.29) is 205 Å². The van der Waals surface area contributed by atoms with Crippen LogP contribution in [0, 0.1) is 51.0 Å². The first kappa shape index (κ1) is 80.5. The van der Waals surface area contributed by atoms with Gasteiger partial charge >= 0.3 is 0 Å². The Hall–Kier alpha value is -9.52. The second-order valence-corrected chi connectivity index (χ2v) is 38.9. The Morgan fingerprint density at radius 3 is 0.861 bits per heavy atom. The predicted octanol–water partition coefficient (Wildman–Crippen LogP) is 8.73. The zero-order chi connectivity index (χ0) is 121. The number of thioether (sulfide) groups is 4. The summed E-state index contributed by atoms with van der Waals surface area (Å²) in [6.45, 7) is -1.88. The summed E-state index contributed by atoms with van der Waals surface area (Å²) in [5.74, 6) is -0.374. The molecule has 8 aliphatic carbocycles. The van der Waals surface area contributed by atoms with Gasteiger partial charge in [0, 0.05) is 116 Å². The number of nitrogens with zero attached hydrogens (tertiary/aromatic N) is 20. The molecule has 0 bridgehead atoms. The summed E-state index contributed by atoms with van der Waals surface area (Å²) < 4.78 is 256. The van der Waals surface area contributed by atoms with E-state index in [0.717, 1.165) is 54.8 Å². The quantitative estimate of drug-likeness (QED) is 0.00969. The van der Waals surface area contributed by atoms with Crippen molar-refractivity contribution >= 4 is 115 Å². The van der Waals surface area contributed by atoms with Gasteiger partial charge in [0.15, 0.2) is 88.6 Å². The maximum atomic E-state index is 14.2. The van der Waals surface area contributed by atoms with Crippen LogP contribution in [0.4, 0.5) is 40.8 Å². The summed E-state index contributed by atoms with van der Waals surface area (Å²) in [6.07, 6.45) is -20.1. The van der Waals surface area contributed by atoms with Gasteiger partial charge in [0.2, 0.25) is 0 Å². The standard InChI is InChI=1S/4C24H31FN6O4S/c4*1-3-8-36-24-27-22(26-16-10-14(16)13-5-4-12(2)15(25)9-13)19-23(28-24)31(30-29-19)17-11-18(35-7-6-32)21(34)20(17)33/h4*4-5,9,14,16-18,20-21,32-34H,3,6-8,10-11H2,1-2H3,(H,26,27,28)/t4*14-,16+,17+,18-,20-,21+/m0000/s1/i6D2,7D2,8D2;3D2,7D2,8D2;3D2,6D2,8D2;3D2,8D2. The van der Waals surface area contributed by atoms with Gasteiger partial charge in [0.05, 0.1) is 112 Å². The Morgan fingerprint density at radius 2 is 0.611 bits per heavy atom. The van der Waals surface area contributed by atoms with E-state index in [1.165, 1.54) is 43.0 Å². The molecule has 24 atom stereocenters. The average molecular weight is 2100 g/mol. The number of hydrogen-bond acceptors (Lipinski definition) is 40. The lowest BCUT2D eigenvalue weighted by Gasteiger charge is -2.17. The zero-order valence-corrected chi connectivity index (χ0v) is 81.8. The van der Waals surface area contributed by atoms with Crippen molar-refractivity contribution in [3.05, 3.63) is 141 Å². The lowest BCUT2D eigenvalue weighted by Crippen LogP contribution is -2.33. The Kier molecular flexibility index (Phi) is 26.5. The molecule has 0 aliphatic heterocycles. The summed E-state index contributed by atoms with van der Waals surface area (Å²) in [4.78, 5) is 35.4. The number of ether oxygens (including phenoxy) is 4. The number of aliphatic hydroxyl groups is 12. The number of benzene rings is 4. The van der Waals surface area contributed by atoms with Gasteiger partial charge in [-0.05, 0) is 148 Å². The van der Waals surface area contributed by atoms with Crippen LogP contribution in [0.5, 0.6) is 0 Å². The maximum Gasteiger partial charge on any atom is 0.191 e. The highest BCUT2D eigenvalue weighted by Gasteiger charge is 2.51. The first-order valence-corrected chi connectivity index (χ1v) is 49.6. The van der Waals surface area contributed by atoms with E-state index in [1.807, 2.05) is 24.3 Å². The predicted molar refractivity (Wildman–Crippen MR) is 530 cm³/mol. The molecule has 4 aromatic carbocycles. The molecule has 40 nitrogen and oxygen atoms in total. The first-order valence-electron chi connectivity index (χ1n) is 57.4. The van der Waals surface area contributed by atoms with Crippen LogP contribution >= 0.6 is 47.0 Å². The molecule has 8 heterocycles. The topological polar surface area (TPSA) is 554 Å². The molecule has 0 saturated heterocycles. The summed E-state index contributed by atoms with van der Waals surface area (Å²) in [6, 6.07) is 16.0. The molecule has 8 aromatic heterocycles. The summed E-state index contributed by atoms with van der Waals surface area (Å²) in [5.41, 5.74) is -2.35. The third kappa shape index (κ3) is 23.8. The number of aryl methyl sites for hydroxylation is 4. The van der Waals surface area contributed by atoms with Gasteiger partial charge in [0.1, 0.15) is 72.1 Å².